The highest BCUT2D eigenvalue weighted by Crippen LogP contribution is 2.39. The summed E-state index contributed by atoms with van der Waals surface area (Å²) in [5, 5.41) is 0. The van der Waals surface area contributed by atoms with E-state index in [1.54, 1.807) is 6.33 Å². The van der Waals surface area contributed by atoms with E-state index in [4.69, 9.17) is 10.5 Å². The Morgan fingerprint density at radius 1 is 1.42 bits per heavy atom. The maximum Gasteiger partial charge on any atom is 0.218 e. The van der Waals surface area contributed by atoms with Gasteiger partial charge in [0, 0.05) is 18.2 Å². The van der Waals surface area contributed by atoms with Crippen molar-refractivity contribution in [3.63, 3.8) is 0 Å². The van der Waals surface area contributed by atoms with Crippen molar-refractivity contribution in [2.75, 3.05) is 18.1 Å². The van der Waals surface area contributed by atoms with E-state index in [-0.39, 0.29) is 17.9 Å². The van der Waals surface area contributed by atoms with Crippen LogP contribution in [0.2, 0.25) is 0 Å². The number of aromatic nitrogens is 4. The summed E-state index contributed by atoms with van der Waals surface area (Å²) in [6.45, 7) is 3.02. The molecule has 1 saturated heterocycles. The van der Waals surface area contributed by atoms with Crippen LogP contribution in [-0.2, 0) is 0 Å². The molecule has 8 heteroatoms. The molecule has 0 amide bonds. The summed E-state index contributed by atoms with van der Waals surface area (Å²) in [6.07, 6.45) is 4.66. The van der Waals surface area contributed by atoms with Gasteiger partial charge >= 0.3 is 0 Å². The molecule has 3 aromatic rings. The summed E-state index contributed by atoms with van der Waals surface area (Å²) in [4.78, 5) is 18.2. The minimum Gasteiger partial charge on any atom is -0.476 e. The lowest BCUT2D eigenvalue weighted by atomic mass is 10.1. The highest BCUT2D eigenvalue weighted by atomic mass is 19.1. The molecular formula is C18H21FN6O. The first-order chi connectivity index (χ1) is 12.6. The summed E-state index contributed by atoms with van der Waals surface area (Å²) in [5.74, 6) is 0.881. The number of imidazole rings is 1. The van der Waals surface area contributed by atoms with Crippen LogP contribution < -0.4 is 15.4 Å². The van der Waals surface area contributed by atoms with Gasteiger partial charge in [-0.2, -0.15) is 0 Å². The second-order valence-corrected chi connectivity index (χ2v) is 6.63. The fourth-order valence-corrected chi connectivity index (χ4v) is 3.35. The SMILES string of the molecule is CC(N)COc1ncc(F)cc1C1CCCN1c1ccc2nc[nH]c2n1. The van der Waals surface area contributed by atoms with Crippen LogP contribution in [0.4, 0.5) is 10.2 Å². The number of hydrogen-bond acceptors (Lipinski definition) is 6. The minimum atomic E-state index is -0.378. The van der Waals surface area contributed by atoms with Gasteiger partial charge in [0.05, 0.1) is 18.6 Å². The molecule has 1 aliphatic rings. The number of fused-ring (bicyclic) bond motifs is 1. The van der Waals surface area contributed by atoms with Gasteiger partial charge in [0.15, 0.2) is 5.65 Å². The van der Waals surface area contributed by atoms with E-state index in [1.807, 2.05) is 19.1 Å². The predicted molar refractivity (Wildman–Crippen MR) is 96.5 cm³/mol. The molecule has 0 spiro atoms. The zero-order valence-corrected chi connectivity index (χ0v) is 14.5. The number of pyridine rings is 2. The molecule has 7 nitrogen and oxygen atoms in total. The maximum absolute atomic E-state index is 13.9. The van der Waals surface area contributed by atoms with Gasteiger partial charge in [-0.15, -0.1) is 0 Å². The molecule has 0 radical (unpaired) electrons. The van der Waals surface area contributed by atoms with Gasteiger partial charge in [-0.1, -0.05) is 0 Å². The van der Waals surface area contributed by atoms with Crippen LogP contribution in [0.5, 0.6) is 5.88 Å². The second kappa shape index (κ2) is 6.87. The molecule has 0 aliphatic carbocycles. The lowest BCUT2D eigenvalue weighted by Crippen LogP contribution is -2.27. The van der Waals surface area contributed by atoms with Crippen LogP contribution in [0, 0.1) is 5.82 Å². The molecule has 0 aromatic carbocycles. The van der Waals surface area contributed by atoms with Crippen molar-refractivity contribution in [2.24, 2.45) is 5.73 Å². The minimum absolute atomic E-state index is 0.0471. The quantitative estimate of drug-likeness (QED) is 0.730. The van der Waals surface area contributed by atoms with Gasteiger partial charge in [0.25, 0.3) is 0 Å². The Kier molecular flexibility index (Phi) is 4.42. The van der Waals surface area contributed by atoms with Crippen molar-refractivity contribution in [3.8, 4) is 5.88 Å². The summed E-state index contributed by atoms with van der Waals surface area (Å²) in [6, 6.07) is 5.20. The van der Waals surface area contributed by atoms with Crippen molar-refractivity contribution < 1.29 is 9.13 Å². The average molecular weight is 356 g/mol. The van der Waals surface area contributed by atoms with E-state index in [9.17, 15) is 4.39 Å². The molecule has 1 fully saturated rings. The molecule has 2 atom stereocenters. The summed E-state index contributed by atoms with van der Waals surface area (Å²) < 4.78 is 19.6. The lowest BCUT2D eigenvalue weighted by molar-refractivity contribution is 0.279. The maximum atomic E-state index is 13.9. The number of H-pyrrole nitrogens is 1. The molecule has 3 N–H and O–H groups in total. The smallest absolute Gasteiger partial charge is 0.218 e. The van der Waals surface area contributed by atoms with Crippen LogP contribution in [0.3, 0.4) is 0 Å². The van der Waals surface area contributed by atoms with Crippen LogP contribution in [0.1, 0.15) is 31.4 Å². The molecule has 3 aromatic heterocycles. The van der Waals surface area contributed by atoms with Gasteiger partial charge < -0.3 is 20.4 Å². The number of nitrogens with two attached hydrogens (primary N) is 1. The van der Waals surface area contributed by atoms with Crippen LogP contribution in [0.25, 0.3) is 11.2 Å². The van der Waals surface area contributed by atoms with Crippen molar-refractivity contribution in [1.29, 1.82) is 0 Å². The topological polar surface area (TPSA) is 93.0 Å². The van der Waals surface area contributed by atoms with Gasteiger partial charge in [0.2, 0.25) is 5.88 Å². The molecule has 4 rings (SSSR count). The number of halogens is 1. The molecular weight excluding hydrogens is 335 g/mol. The van der Waals surface area contributed by atoms with E-state index >= 15 is 0 Å². The molecule has 136 valence electrons. The third-order valence-corrected chi connectivity index (χ3v) is 4.50. The molecule has 1 aliphatic heterocycles. The normalized spacial score (nSPS) is 18.4. The highest BCUT2D eigenvalue weighted by molar-refractivity contribution is 5.72. The monoisotopic (exact) mass is 356 g/mol. The number of hydrogen-bond donors (Lipinski definition) is 2. The Bertz CT molecular complexity index is 912. The number of nitrogens with zero attached hydrogens (tertiary/aromatic N) is 4. The number of aromatic amines is 1. The Labute approximate surface area is 150 Å². The zero-order chi connectivity index (χ0) is 18.1. The zero-order valence-electron chi connectivity index (χ0n) is 14.5. The number of rotatable bonds is 5. The Balaban J connectivity index is 1.68. The number of anilines is 1. The Hall–Kier alpha value is -2.74. The molecule has 0 saturated carbocycles. The third-order valence-electron chi connectivity index (χ3n) is 4.50. The lowest BCUT2D eigenvalue weighted by Gasteiger charge is -2.27. The second-order valence-electron chi connectivity index (χ2n) is 6.63. The van der Waals surface area contributed by atoms with Crippen molar-refractivity contribution in [3.05, 3.63) is 42.1 Å². The summed E-state index contributed by atoms with van der Waals surface area (Å²) >= 11 is 0. The van der Waals surface area contributed by atoms with Gasteiger partial charge in [0.1, 0.15) is 23.8 Å². The first-order valence-corrected chi connectivity index (χ1v) is 8.72. The molecule has 0 bridgehead atoms. The Morgan fingerprint density at radius 2 is 2.31 bits per heavy atom. The van der Waals surface area contributed by atoms with E-state index in [2.05, 4.69) is 24.8 Å². The number of ether oxygens (including phenoxy) is 1. The standard InChI is InChI=1S/C18H21FN6O/c1-11(20)9-26-18-13(7-12(19)8-21-18)15-3-2-6-25(15)16-5-4-14-17(24-16)23-10-22-14/h4-5,7-8,10-11,15H,2-3,6,9,20H2,1H3,(H,22,23,24). The first kappa shape index (κ1) is 16.7. The summed E-state index contributed by atoms with van der Waals surface area (Å²) in [7, 11) is 0. The summed E-state index contributed by atoms with van der Waals surface area (Å²) in [5.41, 5.74) is 8.06. The first-order valence-electron chi connectivity index (χ1n) is 8.72. The molecule has 26 heavy (non-hydrogen) atoms. The third kappa shape index (κ3) is 3.20. The van der Waals surface area contributed by atoms with Crippen LogP contribution in [-0.4, -0.2) is 39.1 Å². The van der Waals surface area contributed by atoms with Crippen LogP contribution >= 0.6 is 0 Å². The van der Waals surface area contributed by atoms with Gasteiger partial charge in [-0.25, -0.2) is 19.3 Å². The fraction of sp³-hybridized carbons (Fsp3) is 0.389. The van der Waals surface area contributed by atoms with E-state index < -0.39 is 0 Å². The fourth-order valence-electron chi connectivity index (χ4n) is 3.35. The molecule has 4 heterocycles. The Morgan fingerprint density at radius 3 is 3.15 bits per heavy atom. The predicted octanol–water partition coefficient (Wildman–Crippen LogP) is 2.56. The average Bonchev–Trinajstić information content (AvgIpc) is 3.28. The van der Waals surface area contributed by atoms with Crippen molar-refractivity contribution in [1.82, 2.24) is 19.9 Å². The highest BCUT2D eigenvalue weighted by Gasteiger charge is 2.30. The van der Waals surface area contributed by atoms with E-state index in [0.717, 1.165) is 41.9 Å². The van der Waals surface area contributed by atoms with Gasteiger partial charge in [-0.3, -0.25) is 0 Å². The van der Waals surface area contributed by atoms with E-state index in [1.165, 1.54) is 12.3 Å². The van der Waals surface area contributed by atoms with E-state index in [0.29, 0.717) is 12.5 Å². The van der Waals surface area contributed by atoms with Crippen molar-refractivity contribution >= 4 is 17.0 Å². The number of nitrogens with one attached hydrogen (secondary N) is 1. The van der Waals surface area contributed by atoms with Crippen molar-refractivity contribution in [2.45, 2.75) is 31.8 Å². The van der Waals surface area contributed by atoms with Crippen LogP contribution in [0.15, 0.2) is 30.7 Å². The largest absolute Gasteiger partial charge is 0.476 e. The molecule has 2 unspecified atom stereocenters. The van der Waals surface area contributed by atoms with Gasteiger partial charge in [-0.05, 0) is 38.0 Å².